The second-order valence-corrected chi connectivity index (χ2v) is 9.77. The molecule has 2 fully saturated rings. The van der Waals surface area contributed by atoms with Crippen LogP contribution in [0.15, 0.2) is 0 Å². The molecule has 2 aliphatic heterocycles. The summed E-state index contributed by atoms with van der Waals surface area (Å²) in [6.07, 6.45) is -6.57. The number of fused-ring (bicyclic) bond motifs is 2. The molecule has 0 aromatic carbocycles. The van der Waals surface area contributed by atoms with Crippen LogP contribution in [0.3, 0.4) is 0 Å². The molecule has 6 unspecified atom stereocenters. The van der Waals surface area contributed by atoms with Crippen molar-refractivity contribution >= 4 is 13.7 Å². The van der Waals surface area contributed by atoms with E-state index in [2.05, 4.69) is 21.0 Å². The Balaban J connectivity index is 0.000000623. The number of carbonyl (C=O) groups excluding carboxylic acids is 1. The Morgan fingerprint density at radius 2 is 1.83 bits per heavy atom. The Kier molecular flexibility index (Phi) is 8.51. The first-order valence-corrected chi connectivity index (χ1v) is 12.3. The Bertz CT molecular complexity index is 939. The molecule has 35 heavy (non-hydrogen) atoms. The van der Waals surface area contributed by atoms with Gasteiger partial charge in [0.25, 0.3) is 0 Å². The summed E-state index contributed by atoms with van der Waals surface area (Å²) in [7, 11) is -4.64. The van der Waals surface area contributed by atoms with Crippen molar-refractivity contribution < 1.29 is 46.0 Å². The van der Waals surface area contributed by atoms with Crippen LogP contribution in [-0.4, -0.2) is 77.3 Å². The number of phosphoric acid groups is 1. The van der Waals surface area contributed by atoms with Crippen LogP contribution in [0.5, 0.6) is 0 Å². The number of hydrogen-bond donors (Lipinski definition) is 6. The topological polar surface area (TPSA) is 179 Å². The average molecular weight is 535 g/mol. The summed E-state index contributed by atoms with van der Waals surface area (Å²) in [5, 5.41) is 6.75. The number of halogens is 5. The van der Waals surface area contributed by atoms with Crippen molar-refractivity contribution in [2.24, 2.45) is 11.7 Å². The molecule has 1 aromatic rings. The van der Waals surface area contributed by atoms with Crippen molar-refractivity contribution in [1.82, 2.24) is 30.5 Å². The van der Waals surface area contributed by atoms with E-state index in [0.29, 0.717) is 12.8 Å². The van der Waals surface area contributed by atoms with Gasteiger partial charge in [-0.3, -0.25) is 15.6 Å². The van der Waals surface area contributed by atoms with Crippen molar-refractivity contribution in [3.05, 3.63) is 11.6 Å². The molecule has 1 amide bonds. The van der Waals surface area contributed by atoms with Crippen LogP contribution < -0.4 is 16.6 Å². The molecule has 1 aliphatic carbocycles. The maximum absolute atomic E-state index is 14.0. The van der Waals surface area contributed by atoms with Crippen LogP contribution in [0, 0.1) is 5.92 Å². The van der Waals surface area contributed by atoms with Gasteiger partial charge in [-0.2, -0.15) is 13.2 Å². The quantitative estimate of drug-likeness (QED) is 0.222. The molecule has 1 aromatic heterocycles. The fourth-order valence-corrected chi connectivity index (χ4v) is 4.68. The zero-order valence-electron chi connectivity index (χ0n) is 18.3. The Hall–Kier alpha value is -1.75. The number of hydrogen-bond acceptors (Lipinski definition) is 7. The first kappa shape index (κ1) is 27.8. The fraction of sp³-hybridized carbons (Fsp3) is 0.824. The lowest BCUT2D eigenvalue weighted by Gasteiger charge is -2.33. The highest BCUT2D eigenvalue weighted by atomic mass is 31.2. The van der Waals surface area contributed by atoms with E-state index in [-0.39, 0.29) is 56.2 Å². The summed E-state index contributed by atoms with van der Waals surface area (Å²) in [5.74, 6) is -1.38. The molecule has 6 atom stereocenters. The monoisotopic (exact) mass is 535 g/mol. The van der Waals surface area contributed by atoms with Gasteiger partial charge in [0, 0.05) is 31.6 Å². The summed E-state index contributed by atoms with van der Waals surface area (Å²) < 4.78 is 76.2. The molecule has 0 bridgehead atoms. The third-order valence-corrected chi connectivity index (χ3v) is 6.23. The number of hydrazine groups is 1. The molecule has 7 N–H and O–H groups in total. The SMILES string of the molecule is NC(CC(=O)N1CCn2c(nnc2C(F)(F)F)C1)CC1NNC2C(F)C(F)CCC12.O=P(O)(O)O. The minimum Gasteiger partial charge on any atom is -0.333 e. The molecular formula is C17H27F5N7O5P. The maximum atomic E-state index is 14.0. The second-order valence-electron chi connectivity index (χ2n) is 8.74. The summed E-state index contributed by atoms with van der Waals surface area (Å²) in [6, 6.07) is -1.32. The van der Waals surface area contributed by atoms with Gasteiger partial charge < -0.3 is 29.9 Å². The van der Waals surface area contributed by atoms with Gasteiger partial charge in [0.15, 0.2) is 5.82 Å². The van der Waals surface area contributed by atoms with Gasteiger partial charge in [-0.05, 0) is 25.2 Å². The number of nitrogens with zero attached hydrogens (tertiary/aromatic N) is 4. The predicted octanol–water partition coefficient (Wildman–Crippen LogP) is -0.251. The maximum Gasteiger partial charge on any atom is 0.466 e. The van der Waals surface area contributed by atoms with Crippen molar-refractivity contribution in [3.8, 4) is 0 Å². The summed E-state index contributed by atoms with van der Waals surface area (Å²) >= 11 is 0. The summed E-state index contributed by atoms with van der Waals surface area (Å²) in [5.41, 5.74) is 11.9. The highest BCUT2D eigenvalue weighted by molar-refractivity contribution is 7.45. The van der Waals surface area contributed by atoms with E-state index in [4.69, 9.17) is 25.0 Å². The van der Waals surface area contributed by atoms with Crippen LogP contribution in [-0.2, 0) is 28.6 Å². The van der Waals surface area contributed by atoms with E-state index < -0.39 is 44.3 Å². The standard InChI is InChI=1S/C17H24F5N7O.H3O4P/c18-10-2-1-9-11(24-26-15(9)14(10)19)5-8(23)6-13(30)28-3-4-29-12(7-28)25-27-16(29)17(20,21)22;1-5(2,3)4/h8-11,14-15,24,26H,1-7,23H2;(H3,1,2,3,4). The third kappa shape index (κ3) is 7.15. The number of nitrogens with one attached hydrogen (secondary N) is 2. The van der Waals surface area contributed by atoms with Crippen molar-refractivity contribution in [2.75, 3.05) is 6.54 Å². The number of alkyl halides is 5. The predicted molar refractivity (Wildman–Crippen MR) is 108 cm³/mol. The normalized spacial score (nSPS) is 29.6. The fourth-order valence-electron chi connectivity index (χ4n) is 4.68. The highest BCUT2D eigenvalue weighted by Gasteiger charge is 2.47. The van der Waals surface area contributed by atoms with E-state index >= 15 is 0 Å². The molecular weight excluding hydrogens is 508 g/mol. The third-order valence-electron chi connectivity index (χ3n) is 6.23. The van der Waals surface area contributed by atoms with E-state index in [1.54, 1.807) is 0 Å². The van der Waals surface area contributed by atoms with Gasteiger partial charge in [-0.1, -0.05) is 0 Å². The number of carbonyl (C=O) groups is 1. The largest absolute Gasteiger partial charge is 0.466 e. The lowest BCUT2D eigenvalue weighted by atomic mass is 9.78. The van der Waals surface area contributed by atoms with Gasteiger partial charge in [-0.15, -0.1) is 10.2 Å². The van der Waals surface area contributed by atoms with E-state index in [1.807, 2.05) is 0 Å². The first-order valence-electron chi connectivity index (χ1n) is 10.7. The molecule has 0 spiro atoms. The van der Waals surface area contributed by atoms with Crippen LogP contribution in [0.2, 0.25) is 0 Å². The van der Waals surface area contributed by atoms with E-state index in [1.165, 1.54) is 4.90 Å². The van der Waals surface area contributed by atoms with Crippen molar-refractivity contribution in [2.45, 2.75) is 75.4 Å². The number of nitrogens with two attached hydrogens (primary N) is 1. The molecule has 3 aliphatic rings. The van der Waals surface area contributed by atoms with Crippen LogP contribution in [0.4, 0.5) is 22.0 Å². The van der Waals surface area contributed by atoms with Gasteiger partial charge in [0.05, 0.1) is 12.6 Å². The Labute approximate surface area is 196 Å². The highest BCUT2D eigenvalue weighted by Crippen LogP contribution is 2.35. The molecule has 18 heteroatoms. The minimum atomic E-state index is -4.64. The summed E-state index contributed by atoms with van der Waals surface area (Å²) in [6.45, 7) is -0.00267. The smallest absolute Gasteiger partial charge is 0.333 e. The van der Waals surface area contributed by atoms with Crippen LogP contribution in [0.25, 0.3) is 0 Å². The zero-order chi connectivity index (χ0) is 26.1. The molecule has 12 nitrogen and oxygen atoms in total. The average Bonchev–Trinajstić information content (AvgIpc) is 3.33. The van der Waals surface area contributed by atoms with Crippen molar-refractivity contribution in [3.63, 3.8) is 0 Å². The second kappa shape index (κ2) is 10.7. The number of aromatic nitrogens is 3. The molecule has 1 saturated carbocycles. The van der Waals surface area contributed by atoms with E-state index in [9.17, 15) is 26.7 Å². The molecule has 3 heterocycles. The number of rotatable bonds is 4. The lowest BCUT2D eigenvalue weighted by molar-refractivity contribution is -0.148. The Morgan fingerprint density at radius 1 is 1.17 bits per heavy atom. The van der Waals surface area contributed by atoms with Crippen molar-refractivity contribution in [1.29, 1.82) is 0 Å². The molecule has 0 radical (unpaired) electrons. The molecule has 1 saturated heterocycles. The number of amides is 1. The molecule has 4 rings (SSSR count). The summed E-state index contributed by atoms with van der Waals surface area (Å²) in [4.78, 5) is 35.6. The van der Waals surface area contributed by atoms with Gasteiger partial charge in [0.1, 0.15) is 12.3 Å². The lowest BCUT2D eigenvalue weighted by Crippen LogP contribution is -2.47. The van der Waals surface area contributed by atoms with Gasteiger partial charge in [-0.25, -0.2) is 13.3 Å². The zero-order valence-corrected chi connectivity index (χ0v) is 19.2. The van der Waals surface area contributed by atoms with Crippen LogP contribution >= 0.6 is 7.82 Å². The minimum absolute atomic E-state index is 0.000617. The first-order chi connectivity index (χ1) is 16.1. The van der Waals surface area contributed by atoms with Crippen LogP contribution in [0.1, 0.15) is 37.3 Å². The van der Waals surface area contributed by atoms with E-state index in [0.717, 1.165) is 4.57 Å². The Morgan fingerprint density at radius 3 is 2.46 bits per heavy atom. The molecule has 200 valence electrons. The van der Waals surface area contributed by atoms with Gasteiger partial charge >= 0.3 is 14.0 Å². The van der Waals surface area contributed by atoms with Gasteiger partial charge in [0.2, 0.25) is 11.7 Å².